The molecule has 0 aliphatic rings. The zero-order valence-corrected chi connectivity index (χ0v) is 14.8. The van der Waals surface area contributed by atoms with Crippen molar-refractivity contribution >= 4 is 33.9 Å². The molecule has 1 amide bonds. The van der Waals surface area contributed by atoms with Crippen LogP contribution >= 0.6 is 0 Å². The Balaban J connectivity index is 2.04. The number of carbonyl (C=O) groups excluding carboxylic acids is 1. The Bertz CT molecular complexity index is 958. The van der Waals surface area contributed by atoms with Gasteiger partial charge >= 0.3 is 0 Å². The molecular weight excluding hydrogens is 332 g/mol. The summed E-state index contributed by atoms with van der Waals surface area (Å²) < 4.78 is 5.25. The lowest BCUT2D eigenvalue weighted by Crippen LogP contribution is -2.20. The molecule has 0 spiro atoms. The van der Waals surface area contributed by atoms with Crippen LogP contribution in [-0.2, 0) is 0 Å². The Morgan fingerprint density at radius 1 is 1.23 bits per heavy atom. The van der Waals surface area contributed by atoms with Gasteiger partial charge in [0, 0.05) is 23.3 Å². The fourth-order valence-corrected chi connectivity index (χ4v) is 2.60. The van der Waals surface area contributed by atoms with Crippen molar-refractivity contribution in [2.45, 2.75) is 19.9 Å². The topological polar surface area (TPSA) is 115 Å². The maximum absolute atomic E-state index is 11.7. The van der Waals surface area contributed by atoms with E-state index in [2.05, 4.69) is 25.8 Å². The van der Waals surface area contributed by atoms with Crippen LogP contribution in [0.4, 0.5) is 17.1 Å². The molecule has 1 aromatic carbocycles. The molecule has 0 atom stereocenters. The van der Waals surface area contributed by atoms with Gasteiger partial charge in [0.2, 0.25) is 5.88 Å². The molecule has 3 aromatic rings. The van der Waals surface area contributed by atoms with Crippen molar-refractivity contribution in [3.8, 4) is 5.88 Å². The maximum atomic E-state index is 11.7. The smallest absolute Gasteiger partial charge is 0.271 e. The zero-order valence-electron chi connectivity index (χ0n) is 14.8. The van der Waals surface area contributed by atoms with E-state index in [0.29, 0.717) is 17.1 Å². The summed E-state index contributed by atoms with van der Waals surface area (Å²) in [6.45, 7) is 3.95. The van der Waals surface area contributed by atoms with Crippen LogP contribution in [0.5, 0.6) is 5.88 Å². The van der Waals surface area contributed by atoms with Gasteiger partial charge in [0.1, 0.15) is 5.69 Å². The molecule has 134 valence electrons. The minimum Gasteiger partial charge on any atom is -0.480 e. The van der Waals surface area contributed by atoms with Gasteiger partial charge in [0.05, 0.1) is 18.3 Å². The standard InChI is InChI=1S/C18H20N6O2/c1-10(2)21-15-12-7-6-11(9-14(12)23-24-16(15)17(19)25)22-13-5-4-8-20-18(13)26-3/h4-10,22H,1-3H3,(H2,19,25)(H,21,23). The summed E-state index contributed by atoms with van der Waals surface area (Å²) in [7, 11) is 1.56. The van der Waals surface area contributed by atoms with Crippen LogP contribution in [-0.4, -0.2) is 34.2 Å². The number of anilines is 3. The van der Waals surface area contributed by atoms with E-state index >= 15 is 0 Å². The van der Waals surface area contributed by atoms with Gasteiger partial charge < -0.3 is 21.1 Å². The Kier molecular flexibility index (Phi) is 4.83. The van der Waals surface area contributed by atoms with Crippen molar-refractivity contribution in [3.05, 3.63) is 42.2 Å². The number of hydrogen-bond acceptors (Lipinski definition) is 7. The van der Waals surface area contributed by atoms with Gasteiger partial charge in [-0.25, -0.2) is 4.98 Å². The second-order valence-corrected chi connectivity index (χ2v) is 6.00. The second kappa shape index (κ2) is 7.22. The Hall–Kier alpha value is -3.42. The van der Waals surface area contributed by atoms with Crippen molar-refractivity contribution < 1.29 is 9.53 Å². The SMILES string of the molecule is COc1ncccc1Nc1ccc2c(NC(C)C)c(C(N)=O)nnc2c1. The van der Waals surface area contributed by atoms with Gasteiger partial charge in [-0.3, -0.25) is 4.79 Å². The van der Waals surface area contributed by atoms with Gasteiger partial charge in [-0.2, -0.15) is 0 Å². The lowest BCUT2D eigenvalue weighted by atomic mass is 10.1. The van der Waals surface area contributed by atoms with Crippen LogP contribution in [0, 0.1) is 0 Å². The summed E-state index contributed by atoms with van der Waals surface area (Å²) in [4.78, 5) is 15.8. The van der Waals surface area contributed by atoms with Crippen LogP contribution < -0.4 is 21.1 Å². The number of carbonyl (C=O) groups is 1. The van der Waals surface area contributed by atoms with E-state index in [1.165, 1.54) is 0 Å². The maximum Gasteiger partial charge on any atom is 0.271 e. The predicted octanol–water partition coefficient (Wildman–Crippen LogP) is 2.70. The molecule has 0 aliphatic carbocycles. The molecule has 2 heterocycles. The average molecular weight is 352 g/mol. The monoisotopic (exact) mass is 352 g/mol. The molecule has 4 N–H and O–H groups in total. The Labute approximate surface area is 150 Å². The molecule has 0 fully saturated rings. The molecule has 2 aromatic heterocycles. The van der Waals surface area contributed by atoms with Crippen LogP contribution in [0.15, 0.2) is 36.5 Å². The highest BCUT2D eigenvalue weighted by Crippen LogP contribution is 2.30. The van der Waals surface area contributed by atoms with Gasteiger partial charge in [-0.1, -0.05) is 0 Å². The number of primary amides is 1. The lowest BCUT2D eigenvalue weighted by molar-refractivity contribution is 0.0995. The van der Waals surface area contributed by atoms with Crippen LogP contribution in [0.2, 0.25) is 0 Å². The summed E-state index contributed by atoms with van der Waals surface area (Å²) in [5.74, 6) is -0.130. The largest absolute Gasteiger partial charge is 0.480 e. The first-order chi connectivity index (χ1) is 12.5. The summed E-state index contributed by atoms with van der Waals surface area (Å²) in [5, 5.41) is 15.4. The first-order valence-corrected chi connectivity index (χ1v) is 8.12. The first-order valence-electron chi connectivity index (χ1n) is 8.12. The van der Waals surface area contributed by atoms with Crippen molar-refractivity contribution in [2.24, 2.45) is 5.73 Å². The number of aromatic nitrogens is 3. The third kappa shape index (κ3) is 3.49. The third-order valence-electron chi connectivity index (χ3n) is 3.67. The van der Waals surface area contributed by atoms with E-state index in [4.69, 9.17) is 10.5 Å². The first kappa shape index (κ1) is 17.4. The van der Waals surface area contributed by atoms with E-state index in [0.717, 1.165) is 16.8 Å². The number of rotatable bonds is 6. The molecule has 26 heavy (non-hydrogen) atoms. The van der Waals surface area contributed by atoms with E-state index in [1.54, 1.807) is 13.3 Å². The second-order valence-electron chi connectivity index (χ2n) is 6.00. The molecule has 8 heteroatoms. The molecule has 0 saturated carbocycles. The number of nitrogens with zero attached hydrogens (tertiary/aromatic N) is 3. The predicted molar refractivity (Wildman–Crippen MR) is 101 cm³/mol. The van der Waals surface area contributed by atoms with Gasteiger partial charge in [-0.15, -0.1) is 10.2 Å². The summed E-state index contributed by atoms with van der Waals surface area (Å²) in [5.41, 5.74) is 8.30. The van der Waals surface area contributed by atoms with Crippen molar-refractivity contribution in [3.63, 3.8) is 0 Å². The van der Waals surface area contributed by atoms with E-state index in [1.807, 2.05) is 44.2 Å². The third-order valence-corrected chi connectivity index (χ3v) is 3.67. The molecule has 0 aliphatic heterocycles. The van der Waals surface area contributed by atoms with Gasteiger partial charge in [0.15, 0.2) is 5.69 Å². The number of hydrogen-bond donors (Lipinski definition) is 3. The molecule has 0 radical (unpaired) electrons. The number of benzene rings is 1. The lowest BCUT2D eigenvalue weighted by Gasteiger charge is -2.15. The highest BCUT2D eigenvalue weighted by molar-refractivity contribution is 6.05. The summed E-state index contributed by atoms with van der Waals surface area (Å²) in [6.07, 6.45) is 1.66. The normalized spacial score (nSPS) is 10.8. The number of pyridine rings is 1. The fourth-order valence-electron chi connectivity index (χ4n) is 2.60. The molecule has 0 bridgehead atoms. The van der Waals surface area contributed by atoms with Crippen LogP contribution in [0.25, 0.3) is 10.9 Å². The van der Waals surface area contributed by atoms with Gasteiger partial charge in [0.25, 0.3) is 5.91 Å². The number of ether oxygens (including phenoxy) is 1. The molecule has 0 unspecified atom stereocenters. The van der Waals surface area contributed by atoms with E-state index < -0.39 is 5.91 Å². The highest BCUT2D eigenvalue weighted by atomic mass is 16.5. The number of methoxy groups -OCH3 is 1. The van der Waals surface area contributed by atoms with E-state index in [9.17, 15) is 4.79 Å². The van der Waals surface area contributed by atoms with E-state index in [-0.39, 0.29) is 11.7 Å². The molecule has 8 nitrogen and oxygen atoms in total. The van der Waals surface area contributed by atoms with Gasteiger partial charge in [-0.05, 0) is 44.2 Å². The van der Waals surface area contributed by atoms with Crippen molar-refractivity contribution in [2.75, 3.05) is 17.7 Å². The van der Waals surface area contributed by atoms with Crippen LogP contribution in [0.1, 0.15) is 24.3 Å². The zero-order chi connectivity index (χ0) is 18.7. The molecular formula is C18H20N6O2. The number of amides is 1. The quantitative estimate of drug-likeness (QED) is 0.624. The number of fused-ring (bicyclic) bond motifs is 1. The summed E-state index contributed by atoms with van der Waals surface area (Å²) in [6, 6.07) is 9.38. The minimum absolute atomic E-state index is 0.109. The van der Waals surface area contributed by atoms with Crippen molar-refractivity contribution in [1.82, 2.24) is 15.2 Å². The van der Waals surface area contributed by atoms with Crippen molar-refractivity contribution in [1.29, 1.82) is 0 Å². The highest BCUT2D eigenvalue weighted by Gasteiger charge is 2.16. The molecule has 3 rings (SSSR count). The van der Waals surface area contributed by atoms with Crippen LogP contribution in [0.3, 0.4) is 0 Å². The number of nitrogens with one attached hydrogen (secondary N) is 2. The molecule has 0 saturated heterocycles. The Morgan fingerprint density at radius 3 is 2.73 bits per heavy atom. The minimum atomic E-state index is -0.621. The average Bonchev–Trinajstić information content (AvgIpc) is 2.61. The summed E-state index contributed by atoms with van der Waals surface area (Å²) >= 11 is 0. The Morgan fingerprint density at radius 2 is 2.04 bits per heavy atom. The fraction of sp³-hybridized carbons (Fsp3) is 0.222. The number of nitrogens with two attached hydrogens (primary N) is 1.